The molecule has 6 nitrogen and oxygen atoms in total. The Hall–Kier alpha value is -2.71. The van der Waals surface area contributed by atoms with Gasteiger partial charge in [0, 0.05) is 57.0 Å². The van der Waals surface area contributed by atoms with Gasteiger partial charge in [0.2, 0.25) is 0 Å². The molecule has 0 unspecified atom stereocenters. The van der Waals surface area contributed by atoms with Crippen molar-refractivity contribution in [1.82, 2.24) is 5.32 Å². The van der Waals surface area contributed by atoms with Crippen LogP contribution in [0.3, 0.4) is 0 Å². The van der Waals surface area contributed by atoms with Crippen LogP contribution >= 0.6 is 31.9 Å². The summed E-state index contributed by atoms with van der Waals surface area (Å²) in [6.07, 6.45) is 2.22. The van der Waals surface area contributed by atoms with Gasteiger partial charge in [0.1, 0.15) is 5.75 Å². The SMILES string of the molecule is Cc1ccccc1NC(=O)COc1c(Br)cc(Br)cc1C1C2=C(CC(C)(C)CC2=O)NC2=C1C(=O)CC(C)(C)C2. The van der Waals surface area contributed by atoms with Crippen LogP contribution in [-0.4, -0.2) is 24.1 Å². The molecule has 210 valence electrons. The molecular weight excluding hydrogens is 636 g/mol. The van der Waals surface area contributed by atoms with E-state index in [0.717, 1.165) is 27.1 Å². The van der Waals surface area contributed by atoms with E-state index in [1.165, 1.54) is 0 Å². The van der Waals surface area contributed by atoms with Gasteiger partial charge < -0.3 is 15.4 Å². The van der Waals surface area contributed by atoms with Crippen LogP contribution in [0.2, 0.25) is 0 Å². The Bertz CT molecular complexity index is 1450. The van der Waals surface area contributed by atoms with Crippen molar-refractivity contribution in [3.05, 3.63) is 79.0 Å². The van der Waals surface area contributed by atoms with Crippen LogP contribution in [0.15, 0.2) is 67.9 Å². The molecule has 2 aromatic rings. The average Bonchev–Trinajstić information content (AvgIpc) is 2.81. The van der Waals surface area contributed by atoms with Crippen molar-refractivity contribution in [3.8, 4) is 5.75 Å². The van der Waals surface area contributed by atoms with Crippen molar-refractivity contribution in [2.24, 2.45) is 10.8 Å². The summed E-state index contributed by atoms with van der Waals surface area (Å²) in [6.45, 7) is 10.1. The van der Waals surface area contributed by atoms with Gasteiger partial charge in [0.25, 0.3) is 5.91 Å². The zero-order valence-corrected chi connectivity index (χ0v) is 26.6. The first-order valence-corrected chi connectivity index (χ1v) is 15.1. The second kappa shape index (κ2) is 10.6. The van der Waals surface area contributed by atoms with E-state index in [-0.39, 0.29) is 34.9 Å². The monoisotopic (exact) mass is 668 g/mol. The highest BCUT2D eigenvalue weighted by Crippen LogP contribution is 2.53. The topological polar surface area (TPSA) is 84.5 Å². The smallest absolute Gasteiger partial charge is 0.262 e. The van der Waals surface area contributed by atoms with Crippen LogP contribution in [0.1, 0.15) is 70.4 Å². The third kappa shape index (κ3) is 5.70. The highest BCUT2D eigenvalue weighted by molar-refractivity contribution is 9.11. The van der Waals surface area contributed by atoms with Crippen molar-refractivity contribution in [2.45, 2.75) is 66.2 Å². The van der Waals surface area contributed by atoms with Gasteiger partial charge in [-0.05, 0) is 70.3 Å². The molecule has 3 aliphatic rings. The molecule has 0 saturated heterocycles. The number of dihydropyridines is 1. The fraction of sp³-hybridized carbons (Fsp3) is 0.406. The lowest BCUT2D eigenvalue weighted by Gasteiger charge is -2.44. The number of anilines is 1. The molecule has 8 heteroatoms. The van der Waals surface area contributed by atoms with Crippen LogP contribution in [0.4, 0.5) is 5.69 Å². The summed E-state index contributed by atoms with van der Waals surface area (Å²) < 4.78 is 7.61. The number of ketones is 2. The number of carbonyl (C=O) groups is 3. The molecule has 2 aromatic carbocycles. The quantitative estimate of drug-likeness (QED) is 0.344. The minimum absolute atomic E-state index is 0.0345. The fourth-order valence-corrected chi connectivity index (χ4v) is 7.56. The van der Waals surface area contributed by atoms with Crippen LogP contribution < -0.4 is 15.4 Å². The molecule has 5 rings (SSSR count). The number of amides is 1. The lowest BCUT2D eigenvalue weighted by atomic mass is 9.64. The Kier molecular flexibility index (Phi) is 7.64. The van der Waals surface area contributed by atoms with Crippen molar-refractivity contribution < 1.29 is 19.1 Å². The average molecular weight is 670 g/mol. The first kappa shape index (κ1) is 28.8. The van der Waals surface area contributed by atoms with Crippen LogP contribution in [0.5, 0.6) is 5.75 Å². The lowest BCUT2D eigenvalue weighted by molar-refractivity contribution is -0.120. The first-order chi connectivity index (χ1) is 18.7. The first-order valence-electron chi connectivity index (χ1n) is 13.5. The maximum atomic E-state index is 13.8. The van der Waals surface area contributed by atoms with E-state index >= 15 is 0 Å². The standard InChI is InChI=1S/C32H34Br2N2O4/c1-17-8-6-7-9-21(17)36-26(39)16-40-30-19(10-18(33)11-20(30)34)27-28-22(12-31(2,3)14-24(28)37)35-23-13-32(4,5)15-25(38)29(23)27/h6-11,27,35H,12-16H2,1-5H3,(H,36,39). The summed E-state index contributed by atoms with van der Waals surface area (Å²) in [5.74, 6) is -0.364. The summed E-state index contributed by atoms with van der Waals surface area (Å²) in [5.41, 5.74) is 5.01. The van der Waals surface area contributed by atoms with E-state index in [0.29, 0.717) is 52.6 Å². The van der Waals surface area contributed by atoms with Crippen molar-refractivity contribution in [1.29, 1.82) is 0 Å². The number of halogens is 2. The molecule has 0 saturated carbocycles. The second-order valence-corrected chi connectivity index (χ2v) is 14.5. The number of carbonyl (C=O) groups excluding carboxylic acids is 3. The van der Waals surface area contributed by atoms with Gasteiger partial charge in [-0.1, -0.05) is 61.8 Å². The number of ether oxygens (including phenoxy) is 1. The number of nitrogens with one attached hydrogen (secondary N) is 2. The number of hydrogen-bond acceptors (Lipinski definition) is 5. The van der Waals surface area contributed by atoms with Gasteiger partial charge >= 0.3 is 0 Å². The molecule has 0 radical (unpaired) electrons. The molecule has 40 heavy (non-hydrogen) atoms. The summed E-state index contributed by atoms with van der Waals surface area (Å²) >= 11 is 7.24. The fourth-order valence-electron chi connectivity index (χ4n) is 6.18. The maximum Gasteiger partial charge on any atom is 0.262 e. The van der Waals surface area contributed by atoms with E-state index in [1.54, 1.807) is 0 Å². The van der Waals surface area contributed by atoms with Crippen molar-refractivity contribution >= 4 is 55.0 Å². The normalized spacial score (nSPS) is 20.1. The minimum Gasteiger partial charge on any atom is -0.482 e. The van der Waals surface area contributed by atoms with Gasteiger partial charge in [-0.3, -0.25) is 14.4 Å². The van der Waals surface area contributed by atoms with Crippen molar-refractivity contribution in [3.63, 3.8) is 0 Å². The minimum atomic E-state index is -0.582. The highest BCUT2D eigenvalue weighted by atomic mass is 79.9. The van der Waals surface area contributed by atoms with Gasteiger partial charge in [-0.15, -0.1) is 0 Å². The van der Waals surface area contributed by atoms with Gasteiger partial charge in [0.05, 0.1) is 4.47 Å². The molecule has 0 atom stereocenters. The molecule has 1 aliphatic heterocycles. The molecule has 1 amide bonds. The predicted octanol–water partition coefficient (Wildman–Crippen LogP) is 7.51. The third-order valence-corrected chi connectivity index (χ3v) is 8.88. The summed E-state index contributed by atoms with van der Waals surface area (Å²) in [6, 6.07) is 11.3. The Morgan fingerprint density at radius 1 is 0.950 bits per heavy atom. The van der Waals surface area contributed by atoms with Gasteiger partial charge in [-0.25, -0.2) is 0 Å². The van der Waals surface area contributed by atoms with Crippen LogP contribution in [0.25, 0.3) is 0 Å². The Morgan fingerprint density at radius 3 is 2.10 bits per heavy atom. The van der Waals surface area contributed by atoms with Crippen LogP contribution in [0, 0.1) is 17.8 Å². The summed E-state index contributed by atoms with van der Waals surface area (Å²) in [4.78, 5) is 40.4. The molecule has 2 N–H and O–H groups in total. The molecular formula is C32H34Br2N2O4. The molecule has 1 heterocycles. The Morgan fingerprint density at radius 2 is 1.52 bits per heavy atom. The number of rotatable bonds is 5. The van der Waals surface area contributed by atoms with Crippen LogP contribution in [-0.2, 0) is 14.4 Å². The molecule has 0 fully saturated rings. The van der Waals surface area contributed by atoms with Crippen molar-refractivity contribution in [2.75, 3.05) is 11.9 Å². The number of allylic oxidation sites excluding steroid dienone is 4. The largest absolute Gasteiger partial charge is 0.482 e. The maximum absolute atomic E-state index is 13.8. The number of benzene rings is 2. The summed E-state index contributed by atoms with van der Waals surface area (Å²) in [7, 11) is 0. The zero-order chi connectivity index (χ0) is 29.0. The number of para-hydroxylation sites is 1. The molecule has 0 aromatic heterocycles. The number of aryl methyl sites for hydroxylation is 1. The molecule has 2 aliphatic carbocycles. The second-order valence-electron chi connectivity index (χ2n) is 12.7. The third-order valence-electron chi connectivity index (χ3n) is 7.83. The van der Waals surface area contributed by atoms with E-state index in [2.05, 4.69) is 70.2 Å². The Labute approximate surface area is 252 Å². The number of Topliss-reactive ketones (excluding diaryl/α,β-unsaturated/α-hetero) is 2. The Balaban J connectivity index is 1.58. The predicted molar refractivity (Wildman–Crippen MR) is 163 cm³/mol. The van der Waals surface area contributed by atoms with Gasteiger partial charge in [0.15, 0.2) is 18.2 Å². The molecule has 0 spiro atoms. The van der Waals surface area contributed by atoms with Gasteiger partial charge in [-0.2, -0.15) is 0 Å². The summed E-state index contributed by atoms with van der Waals surface area (Å²) in [5, 5.41) is 6.46. The lowest BCUT2D eigenvalue weighted by Crippen LogP contribution is -2.42. The van der Waals surface area contributed by atoms with E-state index < -0.39 is 5.92 Å². The van der Waals surface area contributed by atoms with E-state index in [1.807, 2.05) is 43.3 Å². The number of hydrogen-bond donors (Lipinski definition) is 2. The highest BCUT2D eigenvalue weighted by Gasteiger charge is 2.47. The van der Waals surface area contributed by atoms with E-state index in [9.17, 15) is 14.4 Å². The molecule has 0 bridgehead atoms. The zero-order valence-electron chi connectivity index (χ0n) is 23.5. The van der Waals surface area contributed by atoms with E-state index in [4.69, 9.17) is 4.74 Å².